The number of rotatable bonds is 2. The molecule has 6 nitrogen and oxygen atoms in total. The zero-order valence-corrected chi connectivity index (χ0v) is 12.1. The molecule has 1 aromatic heterocycles. The molecule has 1 saturated heterocycles. The number of carboxylic acids is 1. The van der Waals surface area contributed by atoms with Crippen LogP contribution in [0.2, 0.25) is 0 Å². The Balaban J connectivity index is 1.69. The zero-order valence-electron chi connectivity index (χ0n) is 11.3. The highest BCUT2D eigenvalue weighted by atomic mass is 32.1. The second kappa shape index (κ2) is 5.69. The second-order valence-electron chi connectivity index (χ2n) is 5.09. The first-order valence-electron chi connectivity index (χ1n) is 6.75. The average Bonchev–Trinajstić information content (AvgIpc) is 2.95. The molecule has 1 aliphatic heterocycles. The van der Waals surface area contributed by atoms with Gasteiger partial charge in [0.05, 0.1) is 21.6 Å². The van der Waals surface area contributed by atoms with E-state index < -0.39 is 11.9 Å². The number of piperidine rings is 1. The van der Waals surface area contributed by atoms with E-state index in [1.54, 1.807) is 21.7 Å². The number of carbonyl (C=O) groups excluding carboxylic acids is 1. The molecule has 2 amide bonds. The van der Waals surface area contributed by atoms with Crippen LogP contribution in [0.25, 0.3) is 10.2 Å². The Morgan fingerprint density at radius 3 is 3.10 bits per heavy atom. The summed E-state index contributed by atoms with van der Waals surface area (Å²) in [6, 6.07) is 5.31. The lowest BCUT2D eigenvalue weighted by atomic mass is 9.99. The minimum Gasteiger partial charge on any atom is -0.481 e. The lowest BCUT2D eigenvalue weighted by Crippen LogP contribution is -2.44. The van der Waals surface area contributed by atoms with Crippen molar-refractivity contribution in [2.24, 2.45) is 5.92 Å². The number of amides is 2. The Labute approximate surface area is 125 Å². The van der Waals surface area contributed by atoms with Crippen LogP contribution in [0.3, 0.4) is 0 Å². The van der Waals surface area contributed by atoms with E-state index in [2.05, 4.69) is 10.3 Å². The van der Waals surface area contributed by atoms with E-state index in [1.165, 1.54) is 0 Å². The van der Waals surface area contributed by atoms with E-state index in [4.69, 9.17) is 5.11 Å². The van der Waals surface area contributed by atoms with Gasteiger partial charge in [-0.2, -0.15) is 0 Å². The Kier molecular flexibility index (Phi) is 3.74. The Morgan fingerprint density at radius 1 is 1.43 bits per heavy atom. The van der Waals surface area contributed by atoms with Crippen molar-refractivity contribution in [1.82, 2.24) is 9.88 Å². The summed E-state index contributed by atoms with van der Waals surface area (Å²) in [5.41, 5.74) is 3.29. The standard InChI is InChI=1S/C14H15N3O3S/c18-13(19)9-2-1-5-17(7-9)14(20)16-10-3-4-12-11(6-10)15-8-21-12/h3-4,6,8-9H,1-2,5,7H2,(H,16,20)(H,18,19). The second-order valence-corrected chi connectivity index (χ2v) is 5.97. The van der Waals surface area contributed by atoms with E-state index in [-0.39, 0.29) is 12.6 Å². The quantitative estimate of drug-likeness (QED) is 0.893. The van der Waals surface area contributed by atoms with Crippen LogP contribution in [0, 0.1) is 5.92 Å². The van der Waals surface area contributed by atoms with Crippen LogP contribution in [0.4, 0.5) is 10.5 Å². The number of fused-ring (bicyclic) bond motifs is 1. The summed E-state index contributed by atoms with van der Waals surface area (Å²) in [7, 11) is 0. The molecule has 2 heterocycles. The molecule has 1 aromatic carbocycles. The first kappa shape index (κ1) is 13.8. The molecule has 0 saturated carbocycles. The van der Waals surface area contributed by atoms with Crippen LogP contribution in [-0.2, 0) is 4.79 Å². The summed E-state index contributed by atoms with van der Waals surface area (Å²) in [5, 5.41) is 11.9. The van der Waals surface area contributed by atoms with Crippen molar-refractivity contribution in [3.8, 4) is 0 Å². The van der Waals surface area contributed by atoms with Gasteiger partial charge in [-0.1, -0.05) is 0 Å². The molecular formula is C14H15N3O3S. The van der Waals surface area contributed by atoms with Gasteiger partial charge in [0.15, 0.2) is 0 Å². The summed E-state index contributed by atoms with van der Waals surface area (Å²) in [5.74, 6) is -1.30. The molecule has 110 valence electrons. The number of hydrogen-bond donors (Lipinski definition) is 2. The average molecular weight is 305 g/mol. The number of hydrogen-bond acceptors (Lipinski definition) is 4. The highest BCUT2D eigenvalue weighted by Crippen LogP contribution is 2.22. The number of likely N-dealkylation sites (tertiary alicyclic amines) is 1. The molecule has 0 radical (unpaired) electrons. The van der Waals surface area contributed by atoms with Crippen molar-refractivity contribution in [1.29, 1.82) is 0 Å². The topological polar surface area (TPSA) is 82.5 Å². The van der Waals surface area contributed by atoms with Crippen LogP contribution < -0.4 is 5.32 Å². The molecule has 3 rings (SSSR count). The molecule has 1 fully saturated rings. The largest absolute Gasteiger partial charge is 0.481 e. The lowest BCUT2D eigenvalue weighted by Gasteiger charge is -2.30. The summed E-state index contributed by atoms with van der Waals surface area (Å²) in [6.07, 6.45) is 1.35. The van der Waals surface area contributed by atoms with Gasteiger partial charge in [-0.25, -0.2) is 9.78 Å². The third kappa shape index (κ3) is 2.97. The van der Waals surface area contributed by atoms with Crippen molar-refractivity contribution in [3.63, 3.8) is 0 Å². The van der Waals surface area contributed by atoms with Crippen molar-refractivity contribution >= 4 is 39.2 Å². The molecule has 0 spiro atoms. The maximum Gasteiger partial charge on any atom is 0.321 e. The SMILES string of the molecule is O=C(O)C1CCCN(C(=O)Nc2ccc3scnc3c2)C1. The van der Waals surface area contributed by atoms with Gasteiger partial charge in [-0.3, -0.25) is 4.79 Å². The fraction of sp³-hybridized carbons (Fsp3) is 0.357. The van der Waals surface area contributed by atoms with E-state index in [0.717, 1.165) is 16.6 Å². The number of carboxylic acid groups (broad SMARTS) is 1. The van der Waals surface area contributed by atoms with Crippen molar-refractivity contribution < 1.29 is 14.7 Å². The van der Waals surface area contributed by atoms with Gasteiger partial charge in [0.2, 0.25) is 0 Å². The molecule has 2 N–H and O–H groups in total. The number of nitrogens with zero attached hydrogens (tertiary/aromatic N) is 2. The smallest absolute Gasteiger partial charge is 0.321 e. The van der Waals surface area contributed by atoms with Crippen LogP contribution in [0.1, 0.15) is 12.8 Å². The fourth-order valence-corrected chi connectivity index (χ4v) is 3.16. The minimum absolute atomic E-state index is 0.254. The lowest BCUT2D eigenvalue weighted by molar-refractivity contribution is -0.143. The number of thiazole rings is 1. The van der Waals surface area contributed by atoms with Crippen LogP contribution in [0.15, 0.2) is 23.7 Å². The first-order valence-corrected chi connectivity index (χ1v) is 7.63. The first-order chi connectivity index (χ1) is 10.1. The number of carbonyl (C=O) groups is 2. The van der Waals surface area contributed by atoms with Crippen molar-refractivity contribution in [2.75, 3.05) is 18.4 Å². The van der Waals surface area contributed by atoms with Crippen molar-refractivity contribution in [2.45, 2.75) is 12.8 Å². The predicted octanol–water partition coefficient (Wildman–Crippen LogP) is 2.62. The Hall–Kier alpha value is -2.15. The van der Waals surface area contributed by atoms with Crippen molar-refractivity contribution in [3.05, 3.63) is 23.7 Å². The van der Waals surface area contributed by atoms with Crippen LogP contribution in [0.5, 0.6) is 0 Å². The minimum atomic E-state index is -0.837. The predicted molar refractivity (Wildman–Crippen MR) is 80.6 cm³/mol. The highest BCUT2D eigenvalue weighted by molar-refractivity contribution is 7.16. The van der Waals surface area contributed by atoms with Gasteiger partial charge >= 0.3 is 12.0 Å². The number of urea groups is 1. The van der Waals surface area contributed by atoms with Gasteiger partial charge in [-0.05, 0) is 31.0 Å². The zero-order chi connectivity index (χ0) is 14.8. The summed E-state index contributed by atoms with van der Waals surface area (Å²) in [6.45, 7) is 0.856. The third-order valence-corrected chi connectivity index (χ3v) is 4.45. The van der Waals surface area contributed by atoms with Gasteiger partial charge in [0.1, 0.15) is 0 Å². The molecular weight excluding hydrogens is 290 g/mol. The number of nitrogens with one attached hydrogen (secondary N) is 1. The van der Waals surface area contributed by atoms with Gasteiger partial charge in [0, 0.05) is 18.8 Å². The molecule has 2 aromatic rings. The van der Waals surface area contributed by atoms with Crippen LogP contribution >= 0.6 is 11.3 Å². The molecule has 0 bridgehead atoms. The van der Waals surface area contributed by atoms with E-state index in [0.29, 0.717) is 18.7 Å². The molecule has 1 unspecified atom stereocenters. The number of aromatic nitrogens is 1. The van der Waals surface area contributed by atoms with E-state index in [1.807, 2.05) is 18.2 Å². The summed E-state index contributed by atoms with van der Waals surface area (Å²) >= 11 is 1.55. The highest BCUT2D eigenvalue weighted by Gasteiger charge is 2.28. The van der Waals surface area contributed by atoms with E-state index in [9.17, 15) is 9.59 Å². The number of benzene rings is 1. The maximum absolute atomic E-state index is 12.2. The molecule has 7 heteroatoms. The molecule has 0 aliphatic carbocycles. The monoisotopic (exact) mass is 305 g/mol. The maximum atomic E-state index is 12.2. The summed E-state index contributed by atoms with van der Waals surface area (Å²) < 4.78 is 1.07. The van der Waals surface area contributed by atoms with E-state index >= 15 is 0 Å². The van der Waals surface area contributed by atoms with Gasteiger partial charge < -0.3 is 15.3 Å². The Morgan fingerprint density at radius 2 is 2.29 bits per heavy atom. The van der Waals surface area contributed by atoms with Gasteiger partial charge in [-0.15, -0.1) is 11.3 Å². The fourth-order valence-electron chi connectivity index (χ4n) is 2.50. The van der Waals surface area contributed by atoms with Crippen LogP contribution in [-0.4, -0.2) is 40.1 Å². The third-order valence-electron chi connectivity index (χ3n) is 3.64. The molecule has 1 aliphatic rings. The molecule has 21 heavy (non-hydrogen) atoms. The van der Waals surface area contributed by atoms with Gasteiger partial charge in [0.25, 0.3) is 0 Å². The normalized spacial score (nSPS) is 18.7. The number of aliphatic carboxylic acids is 1. The molecule has 1 atom stereocenters. The number of anilines is 1. The summed E-state index contributed by atoms with van der Waals surface area (Å²) in [4.78, 5) is 29.0. The Bertz CT molecular complexity index is 685.